The molecule has 0 radical (unpaired) electrons. The van der Waals surface area contributed by atoms with Gasteiger partial charge < -0.3 is 4.74 Å². The van der Waals surface area contributed by atoms with Gasteiger partial charge in [0, 0.05) is 6.54 Å². The Morgan fingerprint density at radius 1 is 1.11 bits per heavy atom. The van der Waals surface area contributed by atoms with Gasteiger partial charge in [-0.15, -0.1) is 0 Å². The Hall–Kier alpha value is -1.07. The van der Waals surface area contributed by atoms with Gasteiger partial charge in [-0.3, -0.25) is 0 Å². The van der Waals surface area contributed by atoms with E-state index in [0.717, 1.165) is 6.42 Å². The molecule has 19 heavy (non-hydrogen) atoms. The maximum absolute atomic E-state index is 12.0. The van der Waals surface area contributed by atoms with Crippen LogP contribution >= 0.6 is 0 Å². The molecule has 0 fully saturated rings. The van der Waals surface area contributed by atoms with Gasteiger partial charge in [0.05, 0.1) is 11.0 Å². The molecule has 0 aromatic heterocycles. The van der Waals surface area contributed by atoms with E-state index in [9.17, 15) is 8.42 Å². The summed E-state index contributed by atoms with van der Waals surface area (Å²) in [7, 11) is -3.41. The second-order valence-corrected chi connectivity index (χ2v) is 6.99. The molecule has 0 saturated carbocycles. The van der Waals surface area contributed by atoms with Crippen LogP contribution in [0.25, 0.3) is 0 Å². The van der Waals surface area contributed by atoms with E-state index in [-0.39, 0.29) is 11.0 Å². The first-order valence-corrected chi connectivity index (χ1v) is 8.06. The molecule has 1 aromatic carbocycles. The second-order valence-electron chi connectivity index (χ2n) is 5.22. The Morgan fingerprint density at radius 2 is 1.68 bits per heavy atom. The van der Waals surface area contributed by atoms with Crippen LogP contribution in [0.5, 0.6) is 5.75 Å². The number of benzene rings is 1. The number of rotatable bonds is 7. The predicted molar refractivity (Wildman–Crippen MR) is 76.8 cm³/mol. The van der Waals surface area contributed by atoms with Crippen LogP contribution in [0.4, 0.5) is 0 Å². The summed E-state index contributed by atoms with van der Waals surface area (Å²) in [5.74, 6) is 1.15. The lowest BCUT2D eigenvalue weighted by Crippen LogP contribution is -2.25. The van der Waals surface area contributed by atoms with Crippen molar-refractivity contribution in [2.24, 2.45) is 5.92 Å². The average Bonchev–Trinajstić information content (AvgIpc) is 2.28. The summed E-state index contributed by atoms with van der Waals surface area (Å²) in [6.07, 6.45) is 0.903. The average molecular weight is 285 g/mol. The van der Waals surface area contributed by atoms with Gasteiger partial charge in [0.15, 0.2) is 0 Å². The molecule has 1 rings (SSSR count). The minimum Gasteiger partial charge on any atom is -0.491 e. The van der Waals surface area contributed by atoms with E-state index < -0.39 is 10.0 Å². The molecule has 0 amide bonds. The normalized spacial score (nSPS) is 12.1. The fraction of sp³-hybridized carbons (Fsp3) is 0.571. The lowest BCUT2D eigenvalue weighted by Gasteiger charge is -2.11. The highest BCUT2D eigenvalue weighted by atomic mass is 32.2. The van der Waals surface area contributed by atoms with Crippen LogP contribution < -0.4 is 9.46 Å². The molecule has 0 heterocycles. The van der Waals surface area contributed by atoms with Crippen LogP contribution in [-0.2, 0) is 10.0 Å². The van der Waals surface area contributed by atoms with Gasteiger partial charge >= 0.3 is 0 Å². The first-order valence-electron chi connectivity index (χ1n) is 6.57. The van der Waals surface area contributed by atoms with Gasteiger partial charge in [-0.25, -0.2) is 13.1 Å². The van der Waals surface area contributed by atoms with Crippen LogP contribution in [0.3, 0.4) is 0 Å². The molecular formula is C14H23NO3S. The standard InChI is InChI=1S/C14H23NO3S/c1-11(2)9-10-15-19(16,17)14-7-5-13(6-8-14)18-12(3)4/h5-8,11-12,15H,9-10H2,1-4H3. The molecule has 1 N–H and O–H groups in total. The molecule has 0 bridgehead atoms. The van der Waals surface area contributed by atoms with Crippen molar-refractivity contribution in [3.05, 3.63) is 24.3 Å². The van der Waals surface area contributed by atoms with Gasteiger partial charge in [-0.05, 0) is 50.5 Å². The zero-order valence-electron chi connectivity index (χ0n) is 12.0. The Morgan fingerprint density at radius 3 is 2.16 bits per heavy atom. The monoisotopic (exact) mass is 285 g/mol. The number of hydrogen-bond acceptors (Lipinski definition) is 3. The van der Waals surface area contributed by atoms with Crippen molar-refractivity contribution in [2.75, 3.05) is 6.54 Å². The zero-order chi connectivity index (χ0) is 14.5. The number of nitrogens with one attached hydrogen (secondary N) is 1. The van der Waals surface area contributed by atoms with Gasteiger partial charge in [0.25, 0.3) is 0 Å². The Labute approximate surface area is 116 Å². The molecule has 0 saturated heterocycles. The highest BCUT2D eigenvalue weighted by molar-refractivity contribution is 7.89. The molecule has 5 heteroatoms. The van der Waals surface area contributed by atoms with E-state index in [0.29, 0.717) is 18.2 Å². The molecule has 108 valence electrons. The highest BCUT2D eigenvalue weighted by Gasteiger charge is 2.13. The van der Waals surface area contributed by atoms with Crippen molar-refractivity contribution in [3.63, 3.8) is 0 Å². The third kappa shape index (κ3) is 5.61. The summed E-state index contributed by atoms with van der Waals surface area (Å²) in [6, 6.07) is 6.48. The van der Waals surface area contributed by atoms with Crippen molar-refractivity contribution in [1.82, 2.24) is 4.72 Å². The second kappa shape index (κ2) is 6.91. The van der Waals surface area contributed by atoms with E-state index in [1.54, 1.807) is 24.3 Å². The van der Waals surface area contributed by atoms with Crippen LogP contribution in [0.15, 0.2) is 29.2 Å². The Kier molecular flexibility index (Phi) is 5.82. The molecule has 0 aliphatic heterocycles. The number of sulfonamides is 1. The number of hydrogen-bond donors (Lipinski definition) is 1. The van der Waals surface area contributed by atoms with Crippen LogP contribution in [0.1, 0.15) is 34.1 Å². The summed E-state index contributed by atoms with van der Waals surface area (Å²) in [5.41, 5.74) is 0. The fourth-order valence-electron chi connectivity index (χ4n) is 1.53. The largest absolute Gasteiger partial charge is 0.491 e. The molecule has 0 atom stereocenters. The van der Waals surface area contributed by atoms with E-state index in [4.69, 9.17) is 4.74 Å². The van der Waals surface area contributed by atoms with Crippen molar-refractivity contribution >= 4 is 10.0 Å². The number of ether oxygens (including phenoxy) is 1. The lowest BCUT2D eigenvalue weighted by molar-refractivity contribution is 0.242. The predicted octanol–water partition coefficient (Wildman–Crippen LogP) is 2.80. The molecular weight excluding hydrogens is 262 g/mol. The minimum atomic E-state index is -3.41. The van der Waals surface area contributed by atoms with Crippen molar-refractivity contribution in [3.8, 4) is 5.75 Å². The van der Waals surface area contributed by atoms with E-state index in [1.807, 2.05) is 13.8 Å². The van der Waals surface area contributed by atoms with Crippen molar-refractivity contribution in [2.45, 2.75) is 45.1 Å². The van der Waals surface area contributed by atoms with Gasteiger partial charge in [0.2, 0.25) is 10.0 Å². The lowest BCUT2D eigenvalue weighted by atomic mass is 10.1. The Bertz CT molecular complexity index is 478. The van der Waals surface area contributed by atoms with E-state index in [2.05, 4.69) is 18.6 Å². The maximum Gasteiger partial charge on any atom is 0.240 e. The molecule has 1 aromatic rings. The summed E-state index contributed by atoms with van der Waals surface area (Å²) in [5, 5.41) is 0. The van der Waals surface area contributed by atoms with E-state index >= 15 is 0 Å². The molecule has 0 unspecified atom stereocenters. The molecule has 4 nitrogen and oxygen atoms in total. The smallest absolute Gasteiger partial charge is 0.240 e. The quantitative estimate of drug-likeness (QED) is 0.838. The summed E-state index contributed by atoms with van der Waals surface area (Å²) in [6.45, 7) is 8.44. The SMILES string of the molecule is CC(C)CCNS(=O)(=O)c1ccc(OC(C)C)cc1. The molecule has 0 aliphatic rings. The first-order chi connectivity index (χ1) is 8.81. The van der Waals surface area contributed by atoms with Crippen molar-refractivity contribution < 1.29 is 13.2 Å². The first kappa shape index (κ1) is 16.0. The molecule has 0 spiro atoms. The zero-order valence-corrected chi connectivity index (χ0v) is 12.8. The van der Waals surface area contributed by atoms with Gasteiger partial charge in [0.1, 0.15) is 5.75 Å². The topological polar surface area (TPSA) is 55.4 Å². The summed E-state index contributed by atoms with van der Waals surface area (Å²) < 4.78 is 32.1. The third-order valence-corrected chi connectivity index (χ3v) is 4.00. The van der Waals surface area contributed by atoms with Crippen LogP contribution in [-0.4, -0.2) is 21.1 Å². The summed E-state index contributed by atoms with van der Waals surface area (Å²) >= 11 is 0. The summed E-state index contributed by atoms with van der Waals surface area (Å²) in [4.78, 5) is 0.271. The third-order valence-electron chi connectivity index (χ3n) is 2.52. The minimum absolute atomic E-state index is 0.0756. The van der Waals surface area contributed by atoms with Crippen molar-refractivity contribution in [1.29, 1.82) is 0 Å². The van der Waals surface area contributed by atoms with E-state index in [1.165, 1.54) is 0 Å². The fourth-order valence-corrected chi connectivity index (χ4v) is 2.58. The van der Waals surface area contributed by atoms with Crippen LogP contribution in [0, 0.1) is 5.92 Å². The van der Waals surface area contributed by atoms with Crippen LogP contribution in [0.2, 0.25) is 0 Å². The Balaban J connectivity index is 2.68. The van der Waals surface area contributed by atoms with Gasteiger partial charge in [-0.1, -0.05) is 13.8 Å². The maximum atomic E-state index is 12.0. The highest BCUT2D eigenvalue weighted by Crippen LogP contribution is 2.17. The van der Waals surface area contributed by atoms with Gasteiger partial charge in [-0.2, -0.15) is 0 Å². The molecule has 0 aliphatic carbocycles.